The van der Waals surface area contributed by atoms with Gasteiger partial charge in [-0.3, -0.25) is 5.32 Å². The molecule has 1 fully saturated rings. The van der Waals surface area contributed by atoms with Gasteiger partial charge in [-0.15, -0.1) is 11.8 Å². The molecule has 1 nitrogen and oxygen atoms in total. The molecule has 0 saturated carbocycles. The highest BCUT2D eigenvalue weighted by molar-refractivity contribution is 8.00. The van der Waals surface area contributed by atoms with Gasteiger partial charge in [0.05, 0.1) is 4.87 Å². The van der Waals surface area contributed by atoms with Gasteiger partial charge in [-0.05, 0) is 25.2 Å². The van der Waals surface area contributed by atoms with Gasteiger partial charge in [-0.1, -0.05) is 34.1 Å². The van der Waals surface area contributed by atoms with Gasteiger partial charge in [0.25, 0.3) is 0 Å². The van der Waals surface area contributed by atoms with Gasteiger partial charge >= 0.3 is 0 Å². The van der Waals surface area contributed by atoms with E-state index in [1.54, 1.807) is 0 Å². The first-order valence-corrected chi connectivity index (χ1v) is 7.06. The number of hydrogen-bond acceptors (Lipinski definition) is 2. The van der Waals surface area contributed by atoms with Crippen LogP contribution in [0.2, 0.25) is 0 Å². The Labute approximate surface area is 93.4 Å². The molecule has 0 radical (unpaired) electrons. The highest BCUT2D eigenvalue weighted by atomic mass is 32.2. The highest BCUT2D eigenvalue weighted by Gasteiger charge is 2.37. The molecule has 0 aromatic heterocycles. The minimum Gasteiger partial charge on any atom is -0.299 e. The summed E-state index contributed by atoms with van der Waals surface area (Å²) in [5.74, 6) is 2.16. The van der Waals surface area contributed by atoms with E-state index in [9.17, 15) is 0 Å². The summed E-state index contributed by atoms with van der Waals surface area (Å²) in [6.45, 7) is 9.28. The summed E-state index contributed by atoms with van der Waals surface area (Å²) in [4.78, 5) is 0.399. The lowest BCUT2D eigenvalue weighted by Gasteiger charge is -2.31. The van der Waals surface area contributed by atoms with Crippen molar-refractivity contribution in [2.24, 2.45) is 5.92 Å². The zero-order valence-corrected chi connectivity index (χ0v) is 10.9. The van der Waals surface area contributed by atoms with E-state index in [1.807, 2.05) is 0 Å². The van der Waals surface area contributed by atoms with Crippen molar-refractivity contribution < 1.29 is 0 Å². The van der Waals surface area contributed by atoms with E-state index in [2.05, 4.69) is 44.8 Å². The normalized spacial score (nSPS) is 34.7. The minimum absolute atomic E-state index is 0.399. The maximum atomic E-state index is 3.83. The third-order valence-corrected chi connectivity index (χ3v) is 5.16. The third kappa shape index (κ3) is 2.90. The zero-order chi connectivity index (χ0) is 10.6. The van der Waals surface area contributed by atoms with Crippen LogP contribution in [-0.2, 0) is 0 Å². The van der Waals surface area contributed by atoms with Crippen LogP contribution in [0, 0.1) is 5.92 Å². The van der Waals surface area contributed by atoms with Crippen molar-refractivity contribution in [3.63, 3.8) is 0 Å². The predicted molar refractivity (Wildman–Crippen MR) is 66.8 cm³/mol. The molecule has 14 heavy (non-hydrogen) atoms. The van der Waals surface area contributed by atoms with Crippen molar-refractivity contribution in [1.29, 1.82) is 0 Å². The molecule has 0 amide bonds. The predicted octanol–water partition coefficient (Wildman–Crippen LogP) is 3.64. The Morgan fingerprint density at radius 3 is 2.57 bits per heavy atom. The first kappa shape index (κ1) is 12.4. The molecule has 3 atom stereocenters. The van der Waals surface area contributed by atoms with E-state index in [0.717, 1.165) is 12.0 Å². The molecule has 84 valence electrons. The van der Waals surface area contributed by atoms with E-state index >= 15 is 0 Å². The van der Waals surface area contributed by atoms with Gasteiger partial charge in [-0.25, -0.2) is 0 Å². The van der Waals surface area contributed by atoms with Crippen LogP contribution in [0.15, 0.2) is 0 Å². The summed E-state index contributed by atoms with van der Waals surface area (Å²) in [7, 11) is 0. The van der Waals surface area contributed by atoms with Crippen LogP contribution in [0.25, 0.3) is 0 Å². The molecule has 1 rings (SSSR count). The molecule has 0 spiro atoms. The Bertz CT molecular complexity index is 172. The van der Waals surface area contributed by atoms with Crippen molar-refractivity contribution in [1.82, 2.24) is 5.32 Å². The second-order valence-electron chi connectivity index (χ2n) is 4.63. The lowest BCUT2D eigenvalue weighted by atomic mass is 9.96. The monoisotopic (exact) mass is 215 g/mol. The fourth-order valence-corrected chi connectivity index (χ4v) is 3.80. The Morgan fingerprint density at radius 1 is 1.43 bits per heavy atom. The number of rotatable bonds is 5. The lowest BCUT2D eigenvalue weighted by molar-refractivity contribution is 0.340. The standard InChI is InChI=1S/C12H25NS/c1-5-10(4)8-12(7-3)13-11(6-2)9-14-12/h10-11,13H,5-9H2,1-4H3. The Kier molecular flexibility index (Phi) is 4.78. The van der Waals surface area contributed by atoms with E-state index in [4.69, 9.17) is 0 Å². The fourth-order valence-electron chi connectivity index (χ4n) is 2.11. The summed E-state index contributed by atoms with van der Waals surface area (Å²) < 4.78 is 0. The number of hydrogen-bond donors (Lipinski definition) is 1. The van der Waals surface area contributed by atoms with Crippen molar-refractivity contribution in [3.8, 4) is 0 Å². The molecule has 0 aromatic carbocycles. The smallest absolute Gasteiger partial charge is 0.0648 e. The molecular weight excluding hydrogens is 190 g/mol. The molecule has 1 aliphatic rings. The van der Waals surface area contributed by atoms with Crippen LogP contribution in [-0.4, -0.2) is 16.7 Å². The first-order chi connectivity index (χ1) is 6.65. The van der Waals surface area contributed by atoms with Crippen molar-refractivity contribution in [3.05, 3.63) is 0 Å². The van der Waals surface area contributed by atoms with E-state index in [1.165, 1.54) is 31.4 Å². The Balaban J connectivity index is 2.51. The second-order valence-corrected chi connectivity index (χ2v) is 6.03. The first-order valence-electron chi connectivity index (χ1n) is 6.07. The van der Waals surface area contributed by atoms with Gasteiger partial charge in [0, 0.05) is 11.8 Å². The van der Waals surface area contributed by atoms with E-state index < -0.39 is 0 Å². The largest absolute Gasteiger partial charge is 0.299 e. The van der Waals surface area contributed by atoms with Gasteiger partial charge in [0.15, 0.2) is 0 Å². The summed E-state index contributed by atoms with van der Waals surface area (Å²) >= 11 is 2.16. The van der Waals surface area contributed by atoms with Crippen LogP contribution < -0.4 is 5.32 Å². The van der Waals surface area contributed by atoms with Gasteiger partial charge in [-0.2, -0.15) is 0 Å². The summed E-state index contributed by atoms with van der Waals surface area (Å²) in [6, 6.07) is 0.754. The van der Waals surface area contributed by atoms with Gasteiger partial charge in [0.1, 0.15) is 0 Å². The van der Waals surface area contributed by atoms with E-state index in [0.29, 0.717) is 4.87 Å². The lowest BCUT2D eigenvalue weighted by Crippen LogP contribution is -2.42. The Morgan fingerprint density at radius 2 is 2.14 bits per heavy atom. The molecule has 0 aromatic rings. The summed E-state index contributed by atoms with van der Waals surface area (Å²) in [5.41, 5.74) is 0. The molecule has 3 unspecified atom stereocenters. The molecule has 0 bridgehead atoms. The minimum atomic E-state index is 0.399. The van der Waals surface area contributed by atoms with Gasteiger partial charge < -0.3 is 0 Å². The SMILES string of the molecule is CCC(C)CC1(CC)NC(CC)CS1. The Hall–Kier alpha value is 0.310. The van der Waals surface area contributed by atoms with Crippen LogP contribution in [0.3, 0.4) is 0 Å². The maximum absolute atomic E-state index is 3.83. The van der Waals surface area contributed by atoms with E-state index in [-0.39, 0.29) is 0 Å². The third-order valence-electron chi connectivity index (χ3n) is 3.47. The van der Waals surface area contributed by atoms with Crippen LogP contribution in [0.4, 0.5) is 0 Å². The molecule has 1 heterocycles. The summed E-state index contributed by atoms with van der Waals surface area (Å²) in [5, 5.41) is 3.83. The molecule has 1 N–H and O–H groups in total. The summed E-state index contributed by atoms with van der Waals surface area (Å²) in [6.07, 6.45) is 5.18. The molecular formula is C12H25NS. The topological polar surface area (TPSA) is 12.0 Å². The van der Waals surface area contributed by atoms with Crippen molar-refractivity contribution in [2.75, 3.05) is 5.75 Å². The average Bonchev–Trinajstić information content (AvgIpc) is 2.62. The van der Waals surface area contributed by atoms with Crippen molar-refractivity contribution >= 4 is 11.8 Å². The highest BCUT2D eigenvalue weighted by Crippen LogP contribution is 2.39. The molecule has 1 saturated heterocycles. The number of nitrogens with one attached hydrogen (secondary N) is 1. The second kappa shape index (κ2) is 5.41. The van der Waals surface area contributed by atoms with Crippen molar-refractivity contribution in [2.45, 2.75) is 64.3 Å². The van der Waals surface area contributed by atoms with Crippen LogP contribution >= 0.6 is 11.8 Å². The van der Waals surface area contributed by atoms with Crippen LogP contribution in [0.5, 0.6) is 0 Å². The molecule has 0 aliphatic carbocycles. The van der Waals surface area contributed by atoms with Crippen LogP contribution in [0.1, 0.15) is 53.4 Å². The van der Waals surface area contributed by atoms with Gasteiger partial charge in [0.2, 0.25) is 0 Å². The molecule has 1 aliphatic heterocycles. The molecule has 2 heteroatoms. The quantitative estimate of drug-likeness (QED) is 0.751. The zero-order valence-electron chi connectivity index (χ0n) is 10.1. The number of thioether (sulfide) groups is 1. The average molecular weight is 215 g/mol. The fraction of sp³-hybridized carbons (Fsp3) is 1.00. The maximum Gasteiger partial charge on any atom is 0.0648 e.